The first-order chi connectivity index (χ1) is 13.1. The Balaban J connectivity index is 1.42. The van der Waals surface area contributed by atoms with Crippen LogP contribution in [0.2, 0.25) is 0 Å². The maximum absolute atomic E-state index is 12.3. The molecule has 27 heavy (non-hydrogen) atoms. The van der Waals surface area contributed by atoms with Gasteiger partial charge in [0.2, 0.25) is 0 Å². The van der Waals surface area contributed by atoms with E-state index in [1.54, 1.807) is 0 Å². The minimum Gasteiger partial charge on any atom is -0.483 e. The summed E-state index contributed by atoms with van der Waals surface area (Å²) >= 11 is 0. The van der Waals surface area contributed by atoms with Crippen LogP contribution in [0.4, 0.5) is 5.69 Å². The number of tetrazole rings is 1. The summed E-state index contributed by atoms with van der Waals surface area (Å²) in [5.41, 5.74) is 3.73. The quantitative estimate of drug-likeness (QED) is 0.726. The molecule has 0 saturated heterocycles. The van der Waals surface area contributed by atoms with Crippen molar-refractivity contribution in [1.29, 1.82) is 0 Å². The summed E-state index contributed by atoms with van der Waals surface area (Å²) < 4.78 is 7.49. The van der Waals surface area contributed by atoms with Crippen LogP contribution in [-0.2, 0) is 4.79 Å². The Morgan fingerprint density at radius 2 is 2.07 bits per heavy atom. The van der Waals surface area contributed by atoms with E-state index in [4.69, 9.17) is 4.74 Å². The third kappa shape index (κ3) is 3.97. The second-order valence-electron chi connectivity index (χ2n) is 6.86. The molecule has 7 heteroatoms. The number of rotatable bonds is 6. The zero-order valence-corrected chi connectivity index (χ0v) is 15.3. The summed E-state index contributed by atoms with van der Waals surface area (Å²) in [6, 6.07) is 13.8. The van der Waals surface area contributed by atoms with Gasteiger partial charge in [0.15, 0.2) is 12.4 Å². The fraction of sp³-hybridized carbons (Fsp3) is 0.300. The Kier molecular flexibility index (Phi) is 4.58. The fourth-order valence-corrected chi connectivity index (χ4v) is 2.99. The fourth-order valence-electron chi connectivity index (χ4n) is 2.99. The molecule has 0 unspecified atom stereocenters. The van der Waals surface area contributed by atoms with Gasteiger partial charge in [-0.1, -0.05) is 29.8 Å². The second kappa shape index (κ2) is 7.19. The van der Waals surface area contributed by atoms with Gasteiger partial charge in [-0.25, -0.2) is 4.68 Å². The summed E-state index contributed by atoms with van der Waals surface area (Å²) in [7, 11) is 0. The van der Waals surface area contributed by atoms with E-state index in [1.165, 1.54) is 0 Å². The molecule has 7 nitrogen and oxygen atoms in total. The number of benzene rings is 2. The lowest BCUT2D eigenvalue weighted by atomic mass is 10.1. The van der Waals surface area contributed by atoms with Crippen molar-refractivity contribution in [2.45, 2.75) is 32.7 Å². The molecule has 1 amide bonds. The highest BCUT2D eigenvalue weighted by Crippen LogP contribution is 2.36. The van der Waals surface area contributed by atoms with E-state index in [-0.39, 0.29) is 12.5 Å². The van der Waals surface area contributed by atoms with Gasteiger partial charge in [0, 0.05) is 11.3 Å². The zero-order valence-electron chi connectivity index (χ0n) is 15.3. The maximum Gasteiger partial charge on any atom is 0.262 e. The van der Waals surface area contributed by atoms with Crippen LogP contribution in [0.5, 0.6) is 5.75 Å². The minimum absolute atomic E-state index is 0.0477. The number of nitrogens with zero attached hydrogens (tertiary/aromatic N) is 4. The summed E-state index contributed by atoms with van der Waals surface area (Å²) in [5, 5.41) is 14.8. The van der Waals surface area contributed by atoms with Crippen LogP contribution >= 0.6 is 0 Å². The largest absolute Gasteiger partial charge is 0.483 e. The monoisotopic (exact) mass is 363 g/mol. The van der Waals surface area contributed by atoms with Gasteiger partial charge < -0.3 is 10.1 Å². The van der Waals surface area contributed by atoms with Gasteiger partial charge in [-0.2, -0.15) is 0 Å². The highest BCUT2D eigenvalue weighted by Gasteiger charge is 2.28. The van der Waals surface area contributed by atoms with Crippen molar-refractivity contribution in [3.05, 3.63) is 53.6 Å². The van der Waals surface area contributed by atoms with E-state index in [0.29, 0.717) is 17.5 Å². The van der Waals surface area contributed by atoms with E-state index >= 15 is 0 Å². The van der Waals surface area contributed by atoms with Gasteiger partial charge in [0.1, 0.15) is 5.75 Å². The number of amides is 1. The van der Waals surface area contributed by atoms with Crippen LogP contribution in [0.3, 0.4) is 0 Å². The molecule has 0 bridgehead atoms. The summed E-state index contributed by atoms with van der Waals surface area (Å²) in [5.74, 6) is 1.22. The average molecular weight is 363 g/mol. The first kappa shape index (κ1) is 17.2. The van der Waals surface area contributed by atoms with E-state index in [9.17, 15) is 4.79 Å². The predicted octanol–water partition coefficient (Wildman–Crippen LogP) is 3.31. The van der Waals surface area contributed by atoms with Crippen molar-refractivity contribution in [2.24, 2.45) is 0 Å². The Morgan fingerprint density at radius 1 is 1.22 bits per heavy atom. The molecule has 138 valence electrons. The van der Waals surface area contributed by atoms with Crippen LogP contribution in [0.15, 0.2) is 42.5 Å². The number of carbonyl (C=O) groups is 1. The number of carbonyl (C=O) groups excluding carboxylic acids is 1. The van der Waals surface area contributed by atoms with Crippen molar-refractivity contribution in [2.75, 3.05) is 11.9 Å². The zero-order chi connectivity index (χ0) is 18.8. The van der Waals surface area contributed by atoms with E-state index in [1.807, 2.05) is 61.0 Å². The molecule has 0 radical (unpaired) electrons. The predicted molar refractivity (Wildman–Crippen MR) is 102 cm³/mol. The second-order valence-corrected chi connectivity index (χ2v) is 6.86. The molecule has 1 heterocycles. The lowest BCUT2D eigenvalue weighted by Crippen LogP contribution is -2.20. The van der Waals surface area contributed by atoms with Crippen LogP contribution in [0.1, 0.15) is 30.0 Å². The number of ether oxygens (including phenoxy) is 1. The van der Waals surface area contributed by atoms with Gasteiger partial charge in [-0.05, 0) is 60.9 Å². The molecule has 0 spiro atoms. The molecule has 1 aromatic heterocycles. The number of hydrogen-bond donors (Lipinski definition) is 1. The standard InChI is InChI=1S/C20H21N5O2/c1-13-6-9-18(14(2)10-13)27-12-19(26)21-16-5-3-4-15(11-16)20-22-23-24-25(20)17-7-8-17/h3-6,9-11,17H,7-8,12H2,1-2H3,(H,21,26). The molecule has 0 aliphatic heterocycles. The first-order valence-corrected chi connectivity index (χ1v) is 8.98. The van der Waals surface area contributed by atoms with Gasteiger partial charge in [0.05, 0.1) is 6.04 Å². The van der Waals surface area contributed by atoms with Crippen molar-refractivity contribution in [3.63, 3.8) is 0 Å². The SMILES string of the molecule is Cc1ccc(OCC(=O)Nc2cccc(-c3nnnn3C3CC3)c2)c(C)c1. The molecule has 1 saturated carbocycles. The number of nitrogens with one attached hydrogen (secondary N) is 1. The van der Waals surface area contributed by atoms with Crippen molar-refractivity contribution < 1.29 is 9.53 Å². The molecule has 0 atom stereocenters. The van der Waals surface area contributed by atoms with E-state index in [0.717, 1.165) is 35.4 Å². The van der Waals surface area contributed by atoms with Crippen LogP contribution in [-0.4, -0.2) is 32.7 Å². The third-order valence-electron chi connectivity index (χ3n) is 4.48. The van der Waals surface area contributed by atoms with Gasteiger partial charge >= 0.3 is 0 Å². The minimum atomic E-state index is -0.214. The molecule has 1 fully saturated rings. The van der Waals surface area contributed by atoms with Crippen LogP contribution in [0.25, 0.3) is 11.4 Å². The highest BCUT2D eigenvalue weighted by atomic mass is 16.5. The molecule has 2 aromatic carbocycles. The lowest BCUT2D eigenvalue weighted by Gasteiger charge is -2.11. The molecule has 1 aliphatic carbocycles. The summed E-state index contributed by atoms with van der Waals surface area (Å²) in [4.78, 5) is 12.3. The Hall–Kier alpha value is -3.22. The summed E-state index contributed by atoms with van der Waals surface area (Å²) in [6.45, 7) is 3.94. The molecular weight excluding hydrogens is 342 g/mol. The summed E-state index contributed by atoms with van der Waals surface area (Å²) in [6.07, 6.45) is 2.20. The van der Waals surface area contributed by atoms with Crippen LogP contribution in [0, 0.1) is 13.8 Å². The number of hydrogen-bond acceptors (Lipinski definition) is 5. The number of anilines is 1. The Labute approximate surface area is 157 Å². The van der Waals surface area contributed by atoms with Crippen LogP contribution < -0.4 is 10.1 Å². The Morgan fingerprint density at radius 3 is 2.85 bits per heavy atom. The molecule has 3 aromatic rings. The molecular formula is C20H21N5O2. The average Bonchev–Trinajstić information content (AvgIpc) is 3.37. The highest BCUT2D eigenvalue weighted by molar-refractivity contribution is 5.92. The molecule has 4 rings (SSSR count). The van der Waals surface area contributed by atoms with Gasteiger partial charge in [-0.3, -0.25) is 4.79 Å². The van der Waals surface area contributed by atoms with E-state index in [2.05, 4.69) is 20.8 Å². The molecule has 1 N–H and O–H groups in total. The Bertz CT molecular complexity index is 978. The van der Waals surface area contributed by atoms with Crippen molar-refractivity contribution in [3.8, 4) is 17.1 Å². The van der Waals surface area contributed by atoms with Gasteiger partial charge in [0.25, 0.3) is 5.91 Å². The lowest BCUT2D eigenvalue weighted by molar-refractivity contribution is -0.118. The smallest absolute Gasteiger partial charge is 0.262 e. The van der Waals surface area contributed by atoms with E-state index < -0.39 is 0 Å². The number of aromatic nitrogens is 4. The normalized spacial score (nSPS) is 13.4. The molecule has 1 aliphatic rings. The van der Waals surface area contributed by atoms with Gasteiger partial charge in [-0.15, -0.1) is 5.10 Å². The van der Waals surface area contributed by atoms with Crippen molar-refractivity contribution >= 4 is 11.6 Å². The number of aryl methyl sites for hydroxylation is 2. The maximum atomic E-state index is 12.3. The first-order valence-electron chi connectivity index (χ1n) is 8.98. The van der Waals surface area contributed by atoms with Crippen molar-refractivity contribution in [1.82, 2.24) is 20.2 Å². The third-order valence-corrected chi connectivity index (χ3v) is 4.48. The topological polar surface area (TPSA) is 81.9 Å².